The van der Waals surface area contributed by atoms with Crippen LogP contribution in [-0.4, -0.2) is 19.1 Å². The molecule has 2 aromatic rings. The van der Waals surface area contributed by atoms with Gasteiger partial charge in [0.15, 0.2) is 6.29 Å². The third kappa shape index (κ3) is 3.96. The fraction of sp³-hybridized carbons (Fsp3) is 0.316. The first-order valence-electron chi connectivity index (χ1n) is 8.02. The van der Waals surface area contributed by atoms with E-state index in [1.165, 1.54) is 0 Å². The van der Waals surface area contributed by atoms with Crippen molar-refractivity contribution in [3.05, 3.63) is 70.2 Å². The molecule has 1 aliphatic heterocycles. The van der Waals surface area contributed by atoms with Crippen LogP contribution in [-0.2, 0) is 9.47 Å². The Labute approximate surface area is 146 Å². The molecule has 2 N–H and O–H groups in total. The molecule has 24 heavy (non-hydrogen) atoms. The van der Waals surface area contributed by atoms with Crippen molar-refractivity contribution >= 4 is 17.5 Å². The number of nitrogens with two attached hydrogens (primary N) is 1. The molecule has 2 atom stereocenters. The molecule has 1 saturated heterocycles. The van der Waals surface area contributed by atoms with Gasteiger partial charge in [0.05, 0.1) is 13.2 Å². The number of benzene rings is 2. The summed E-state index contributed by atoms with van der Waals surface area (Å²) < 4.78 is 11.8. The average molecular weight is 346 g/mol. The molecule has 0 radical (unpaired) electrons. The zero-order chi connectivity index (χ0) is 16.9. The molecule has 126 valence electrons. The maximum Gasteiger partial charge on any atom is 0.248 e. The van der Waals surface area contributed by atoms with Crippen LogP contribution in [0.25, 0.3) is 0 Å². The van der Waals surface area contributed by atoms with Gasteiger partial charge in [0.2, 0.25) is 5.91 Å². The molecule has 0 bridgehead atoms. The van der Waals surface area contributed by atoms with Crippen LogP contribution in [0.15, 0.2) is 48.5 Å². The van der Waals surface area contributed by atoms with E-state index in [1.807, 2.05) is 42.5 Å². The summed E-state index contributed by atoms with van der Waals surface area (Å²) in [5.74, 6) is -0.287. The molecule has 0 aliphatic carbocycles. The third-order valence-corrected chi connectivity index (χ3v) is 4.48. The van der Waals surface area contributed by atoms with Crippen LogP contribution < -0.4 is 5.73 Å². The molecule has 3 rings (SSSR count). The summed E-state index contributed by atoms with van der Waals surface area (Å²) in [5.41, 5.74) is 7.95. The maximum absolute atomic E-state index is 11.7. The van der Waals surface area contributed by atoms with Crippen molar-refractivity contribution in [2.45, 2.75) is 25.0 Å². The minimum atomic E-state index is -0.425. The highest BCUT2D eigenvalue weighted by atomic mass is 35.5. The number of carbonyl (C=O) groups is 1. The summed E-state index contributed by atoms with van der Waals surface area (Å²) in [5, 5.41) is 0.679. The summed E-state index contributed by atoms with van der Waals surface area (Å²) in [6, 6.07) is 14.9. The highest BCUT2D eigenvalue weighted by Crippen LogP contribution is 2.31. The third-order valence-electron chi connectivity index (χ3n) is 4.22. The van der Waals surface area contributed by atoms with E-state index in [1.54, 1.807) is 6.07 Å². The average Bonchev–Trinajstić information content (AvgIpc) is 2.56. The lowest BCUT2D eigenvalue weighted by molar-refractivity contribution is -0.159. The molecule has 1 fully saturated rings. The van der Waals surface area contributed by atoms with E-state index in [4.69, 9.17) is 26.8 Å². The molecular weight excluding hydrogens is 326 g/mol. The van der Waals surface area contributed by atoms with Gasteiger partial charge in [-0.2, -0.15) is 0 Å². The lowest BCUT2D eigenvalue weighted by Crippen LogP contribution is -2.22. The van der Waals surface area contributed by atoms with E-state index < -0.39 is 12.2 Å². The number of halogens is 1. The predicted octanol–water partition coefficient (Wildman–Crippen LogP) is 4.05. The smallest absolute Gasteiger partial charge is 0.248 e. The van der Waals surface area contributed by atoms with Crippen LogP contribution in [0, 0.1) is 0 Å². The van der Waals surface area contributed by atoms with Gasteiger partial charge in [-0.3, -0.25) is 4.79 Å². The van der Waals surface area contributed by atoms with E-state index in [0.717, 1.165) is 24.0 Å². The first-order chi connectivity index (χ1) is 11.6. The van der Waals surface area contributed by atoms with Gasteiger partial charge in [-0.05, 0) is 36.6 Å². The summed E-state index contributed by atoms with van der Waals surface area (Å²) >= 11 is 5.93. The van der Waals surface area contributed by atoms with Gasteiger partial charge in [0, 0.05) is 22.1 Å². The van der Waals surface area contributed by atoms with Crippen molar-refractivity contribution in [1.82, 2.24) is 0 Å². The summed E-state index contributed by atoms with van der Waals surface area (Å²) in [7, 11) is 0. The Balaban J connectivity index is 1.78. The van der Waals surface area contributed by atoms with E-state index >= 15 is 0 Å². The van der Waals surface area contributed by atoms with Gasteiger partial charge in [0.25, 0.3) is 0 Å². The first kappa shape index (κ1) is 17.0. The fourth-order valence-corrected chi connectivity index (χ4v) is 3.12. The highest BCUT2D eigenvalue weighted by molar-refractivity contribution is 6.30. The Kier molecular flexibility index (Phi) is 5.51. The number of primary amides is 1. The molecule has 0 saturated carbocycles. The monoisotopic (exact) mass is 345 g/mol. The quantitative estimate of drug-likeness (QED) is 0.912. The predicted molar refractivity (Wildman–Crippen MR) is 93.0 cm³/mol. The standard InChI is InChI=1S/C19H20ClNO3/c20-15-9-7-13(8-10-15)19-23-11-3-4-14(12-24-19)16-5-1-2-6-17(16)18(21)22/h1-2,5-10,14,19H,3-4,11-12H2,(H2,21,22)/t14-,19-/m0/s1. The number of hydrogen-bond donors (Lipinski definition) is 1. The first-order valence-corrected chi connectivity index (χ1v) is 8.40. The van der Waals surface area contributed by atoms with Gasteiger partial charge in [-0.1, -0.05) is 41.9 Å². The van der Waals surface area contributed by atoms with Crippen LogP contribution in [0.4, 0.5) is 0 Å². The highest BCUT2D eigenvalue weighted by Gasteiger charge is 2.23. The van der Waals surface area contributed by atoms with Crippen molar-refractivity contribution in [3.8, 4) is 0 Å². The molecule has 4 nitrogen and oxygen atoms in total. The lowest BCUT2D eigenvalue weighted by atomic mass is 9.90. The normalized spacial score (nSPS) is 21.7. The van der Waals surface area contributed by atoms with Gasteiger partial charge >= 0.3 is 0 Å². The number of ether oxygens (including phenoxy) is 2. The number of hydrogen-bond acceptors (Lipinski definition) is 3. The Bertz CT molecular complexity index is 702. The molecule has 2 aromatic carbocycles. The summed E-state index contributed by atoms with van der Waals surface area (Å²) in [6.07, 6.45) is 1.36. The fourth-order valence-electron chi connectivity index (χ4n) is 2.99. The van der Waals surface area contributed by atoms with Crippen molar-refractivity contribution in [2.24, 2.45) is 5.73 Å². The van der Waals surface area contributed by atoms with Gasteiger partial charge < -0.3 is 15.2 Å². The minimum Gasteiger partial charge on any atom is -0.366 e. The van der Waals surface area contributed by atoms with Crippen LogP contribution in [0.5, 0.6) is 0 Å². The van der Waals surface area contributed by atoms with E-state index in [9.17, 15) is 4.79 Å². The Morgan fingerprint density at radius 2 is 1.83 bits per heavy atom. The van der Waals surface area contributed by atoms with Crippen LogP contribution in [0.1, 0.15) is 46.5 Å². The van der Waals surface area contributed by atoms with Crippen LogP contribution in [0.3, 0.4) is 0 Å². The second kappa shape index (κ2) is 7.79. The van der Waals surface area contributed by atoms with Crippen molar-refractivity contribution in [2.75, 3.05) is 13.2 Å². The topological polar surface area (TPSA) is 61.6 Å². The van der Waals surface area contributed by atoms with Crippen molar-refractivity contribution < 1.29 is 14.3 Å². The molecular formula is C19H20ClNO3. The largest absolute Gasteiger partial charge is 0.366 e. The molecule has 0 spiro atoms. The Morgan fingerprint density at radius 3 is 2.58 bits per heavy atom. The van der Waals surface area contributed by atoms with E-state index in [0.29, 0.717) is 23.8 Å². The summed E-state index contributed by atoms with van der Waals surface area (Å²) in [4.78, 5) is 11.7. The van der Waals surface area contributed by atoms with Gasteiger partial charge in [0.1, 0.15) is 0 Å². The Morgan fingerprint density at radius 1 is 1.08 bits per heavy atom. The molecule has 1 heterocycles. The van der Waals surface area contributed by atoms with E-state index in [2.05, 4.69) is 0 Å². The molecule has 1 amide bonds. The second-order valence-electron chi connectivity index (χ2n) is 5.88. The van der Waals surface area contributed by atoms with Gasteiger partial charge in [-0.15, -0.1) is 0 Å². The molecule has 0 aromatic heterocycles. The SMILES string of the molecule is NC(=O)c1ccccc1[C@H]1CCCO[C@H](c2ccc(Cl)cc2)OC1. The zero-order valence-electron chi connectivity index (χ0n) is 13.3. The molecule has 0 unspecified atom stereocenters. The number of amides is 1. The second-order valence-corrected chi connectivity index (χ2v) is 6.31. The van der Waals surface area contributed by atoms with Gasteiger partial charge in [-0.25, -0.2) is 0 Å². The Hall–Kier alpha value is -1.88. The van der Waals surface area contributed by atoms with Crippen molar-refractivity contribution in [1.29, 1.82) is 0 Å². The maximum atomic E-state index is 11.7. The number of rotatable bonds is 3. The minimum absolute atomic E-state index is 0.118. The van der Waals surface area contributed by atoms with Crippen LogP contribution >= 0.6 is 11.6 Å². The van der Waals surface area contributed by atoms with Crippen molar-refractivity contribution in [3.63, 3.8) is 0 Å². The molecule has 1 aliphatic rings. The summed E-state index contributed by atoms with van der Waals surface area (Å²) in [6.45, 7) is 1.07. The molecule has 5 heteroatoms. The lowest BCUT2D eigenvalue weighted by Gasteiger charge is -2.27. The number of carbonyl (C=O) groups excluding carboxylic acids is 1. The zero-order valence-corrected chi connectivity index (χ0v) is 14.0. The van der Waals surface area contributed by atoms with E-state index in [-0.39, 0.29) is 5.92 Å². The van der Waals surface area contributed by atoms with Crippen LogP contribution in [0.2, 0.25) is 5.02 Å².